The Kier molecular flexibility index (Phi) is 6.74. The van der Waals surface area contributed by atoms with Gasteiger partial charge in [-0.1, -0.05) is 13.8 Å². The lowest BCUT2D eigenvalue weighted by molar-refractivity contribution is 0.0809. The number of ether oxygens (including phenoxy) is 1. The first-order valence-corrected chi connectivity index (χ1v) is 7.58. The van der Waals surface area contributed by atoms with Crippen molar-refractivity contribution < 1.29 is 9.84 Å². The van der Waals surface area contributed by atoms with Crippen LogP contribution in [0.15, 0.2) is 0 Å². The van der Waals surface area contributed by atoms with Crippen LogP contribution in [-0.2, 0) is 4.74 Å². The van der Waals surface area contributed by atoms with Crippen molar-refractivity contribution >= 4 is 0 Å². The Bertz CT molecular complexity index is 261. The van der Waals surface area contributed by atoms with E-state index in [1.165, 1.54) is 0 Å². The summed E-state index contributed by atoms with van der Waals surface area (Å²) in [5, 5.41) is 13.0. The molecular formula is C15H32N2O2. The summed E-state index contributed by atoms with van der Waals surface area (Å²) >= 11 is 0. The number of aliphatic hydroxyl groups excluding tert-OH is 1. The van der Waals surface area contributed by atoms with E-state index in [0.29, 0.717) is 18.2 Å². The largest absolute Gasteiger partial charge is 0.394 e. The van der Waals surface area contributed by atoms with Crippen molar-refractivity contribution in [3.05, 3.63) is 0 Å². The van der Waals surface area contributed by atoms with Crippen LogP contribution in [0.4, 0.5) is 0 Å². The Balaban J connectivity index is 2.31. The van der Waals surface area contributed by atoms with Crippen LogP contribution in [0, 0.1) is 0 Å². The molecule has 4 heteroatoms. The van der Waals surface area contributed by atoms with Crippen LogP contribution in [0.5, 0.6) is 0 Å². The van der Waals surface area contributed by atoms with Crippen LogP contribution in [0.25, 0.3) is 0 Å². The molecule has 1 rings (SSSR count). The molecule has 0 bridgehead atoms. The van der Waals surface area contributed by atoms with Crippen molar-refractivity contribution in [2.75, 3.05) is 26.8 Å². The Morgan fingerprint density at radius 1 is 1.47 bits per heavy atom. The van der Waals surface area contributed by atoms with E-state index in [9.17, 15) is 5.11 Å². The highest BCUT2D eigenvalue weighted by molar-refractivity contribution is 4.85. The highest BCUT2D eigenvalue weighted by Crippen LogP contribution is 2.20. The maximum Gasteiger partial charge on any atom is 0.0702 e. The number of aliphatic hydroxyl groups is 1. The molecule has 1 saturated heterocycles. The Labute approximate surface area is 118 Å². The second kappa shape index (κ2) is 7.58. The first-order valence-electron chi connectivity index (χ1n) is 7.58. The fourth-order valence-electron chi connectivity index (χ4n) is 3.08. The second-order valence-electron chi connectivity index (χ2n) is 6.53. The van der Waals surface area contributed by atoms with Crippen molar-refractivity contribution in [1.29, 1.82) is 0 Å². The van der Waals surface area contributed by atoms with Gasteiger partial charge in [0, 0.05) is 24.2 Å². The standard InChI is InChI=1S/C15H32N2O2/c1-12(2)16-15(4,11-18)8-6-9-17(5)14-7-10-19-13(14)3/h12-14,16,18H,6-11H2,1-5H3. The van der Waals surface area contributed by atoms with Gasteiger partial charge < -0.3 is 20.1 Å². The Hall–Kier alpha value is -0.160. The molecule has 19 heavy (non-hydrogen) atoms. The van der Waals surface area contributed by atoms with Crippen molar-refractivity contribution in [1.82, 2.24) is 10.2 Å². The Morgan fingerprint density at radius 2 is 2.16 bits per heavy atom. The van der Waals surface area contributed by atoms with E-state index in [1.54, 1.807) is 0 Å². The first kappa shape index (κ1) is 16.9. The molecule has 114 valence electrons. The molecule has 4 nitrogen and oxygen atoms in total. The molecule has 0 radical (unpaired) electrons. The number of nitrogens with one attached hydrogen (secondary N) is 1. The molecular weight excluding hydrogens is 240 g/mol. The summed E-state index contributed by atoms with van der Waals surface area (Å²) in [5.74, 6) is 0. The molecule has 3 unspecified atom stereocenters. The summed E-state index contributed by atoms with van der Waals surface area (Å²) < 4.78 is 5.61. The highest BCUT2D eigenvalue weighted by Gasteiger charge is 2.28. The summed E-state index contributed by atoms with van der Waals surface area (Å²) in [6.07, 6.45) is 3.58. The zero-order valence-electron chi connectivity index (χ0n) is 13.3. The number of nitrogens with zero attached hydrogens (tertiary/aromatic N) is 1. The molecule has 0 saturated carbocycles. The van der Waals surface area contributed by atoms with Gasteiger partial charge in [0.1, 0.15) is 0 Å². The van der Waals surface area contributed by atoms with Gasteiger partial charge in [-0.05, 0) is 46.7 Å². The van der Waals surface area contributed by atoms with Crippen LogP contribution < -0.4 is 5.32 Å². The molecule has 0 aromatic heterocycles. The predicted molar refractivity (Wildman–Crippen MR) is 79.4 cm³/mol. The lowest BCUT2D eigenvalue weighted by atomic mass is 9.95. The monoisotopic (exact) mass is 272 g/mol. The van der Waals surface area contributed by atoms with Crippen molar-refractivity contribution in [3.63, 3.8) is 0 Å². The number of hydrogen-bond acceptors (Lipinski definition) is 4. The second-order valence-corrected chi connectivity index (χ2v) is 6.53. The Morgan fingerprint density at radius 3 is 2.63 bits per heavy atom. The van der Waals surface area contributed by atoms with E-state index in [-0.39, 0.29) is 12.1 Å². The lowest BCUT2D eigenvalue weighted by Crippen LogP contribution is -2.49. The minimum Gasteiger partial charge on any atom is -0.394 e. The fraction of sp³-hybridized carbons (Fsp3) is 1.00. The molecule has 0 spiro atoms. The van der Waals surface area contributed by atoms with E-state index < -0.39 is 0 Å². The molecule has 1 heterocycles. The van der Waals surface area contributed by atoms with Gasteiger partial charge in [-0.15, -0.1) is 0 Å². The molecule has 1 aliphatic heterocycles. The van der Waals surface area contributed by atoms with Crippen LogP contribution in [0.3, 0.4) is 0 Å². The number of rotatable bonds is 8. The number of likely N-dealkylation sites (N-methyl/N-ethyl adjacent to an activating group) is 1. The van der Waals surface area contributed by atoms with Gasteiger partial charge >= 0.3 is 0 Å². The summed E-state index contributed by atoms with van der Waals surface area (Å²) in [7, 11) is 2.18. The smallest absolute Gasteiger partial charge is 0.0702 e. The van der Waals surface area contributed by atoms with Crippen molar-refractivity contribution in [2.24, 2.45) is 0 Å². The molecule has 1 aliphatic rings. The molecule has 0 aromatic carbocycles. The zero-order valence-corrected chi connectivity index (χ0v) is 13.3. The average molecular weight is 272 g/mol. The van der Waals surface area contributed by atoms with E-state index >= 15 is 0 Å². The van der Waals surface area contributed by atoms with Gasteiger partial charge in [0.05, 0.1) is 12.7 Å². The normalized spacial score (nSPS) is 27.2. The highest BCUT2D eigenvalue weighted by atomic mass is 16.5. The summed E-state index contributed by atoms with van der Waals surface area (Å²) in [4.78, 5) is 2.41. The molecule has 0 aromatic rings. The van der Waals surface area contributed by atoms with E-state index in [4.69, 9.17) is 4.74 Å². The van der Waals surface area contributed by atoms with Gasteiger partial charge in [0.25, 0.3) is 0 Å². The van der Waals surface area contributed by atoms with E-state index in [1.807, 2.05) is 0 Å². The SMILES string of the molecule is CC(C)NC(C)(CO)CCCN(C)C1CCOC1C. The quantitative estimate of drug-likeness (QED) is 0.705. The van der Waals surface area contributed by atoms with Gasteiger partial charge in [0.15, 0.2) is 0 Å². The third-order valence-electron chi connectivity index (χ3n) is 4.13. The maximum atomic E-state index is 9.56. The maximum absolute atomic E-state index is 9.56. The van der Waals surface area contributed by atoms with Gasteiger partial charge in [-0.25, -0.2) is 0 Å². The van der Waals surface area contributed by atoms with Gasteiger partial charge in [0.2, 0.25) is 0 Å². The molecule has 2 N–H and O–H groups in total. The van der Waals surface area contributed by atoms with Crippen molar-refractivity contribution in [2.45, 2.75) is 70.7 Å². The molecule has 1 fully saturated rings. The first-order chi connectivity index (χ1) is 8.88. The van der Waals surface area contributed by atoms with Gasteiger partial charge in [-0.3, -0.25) is 0 Å². The average Bonchev–Trinajstić information content (AvgIpc) is 2.74. The predicted octanol–water partition coefficient (Wildman–Crippen LogP) is 1.62. The van der Waals surface area contributed by atoms with Gasteiger partial charge in [-0.2, -0.15) is 0 Å². The van der Waals surface area contributed by atoms with Crippen LogP contribution in [0.2, 0.25) is 0 Å². The third kappa shape index (κ3) is 5.38. The molecule has 0 amide bonds. The van der Waals surface area contributed by atoms with E-state index in [0.717, 1.165) is 32.4 Å². The van der Waals surface area contributed by atoms with Crippen molar-refractivity contribution in [3.8, 4) is 0 Å². The summed E-state index contributed by atoms with van der Waals surface area (Å²) in [5.41, 5.74) is -0.160. The van der Waals surface area contributed by atoms with Crippen LogP contribution in [-0.4, -0.2) is 60.5 Å². The summed E-state index contributed by atoms with van der Waals surface area (Å²) in [6.45, 7) is 10.7. The topological polar surface area (TPSA) is 44.7 Å². The fourth-order valence-corrected chi connectivity index (χ4v) is 3.08. The minimum atomic E-state index is -0.160. The zero-order chi connectivity index (χ0) is 14.5. The molecule has 3 atom stereocenters. The third-order valence-corrected chi connectivity index (χ3v) is 4.13. The van der Waals surface area contributed by atoms with Crippen LogP contribution in [0.1, 0.15) is 47.0 Å². The number of hydrogen-bond donors (Lipinski definition) is 2. The van der Waals surface area contributed by atoms with Crippen LogP contribution >= 0.6 is 0 Å². The molecule has 0 aliphatic carbocycles. The minimum absolute atomic E-state index is 0.160. The lowest BCUT2D eigenvalue weighted by Gasteiger charge is -2.33. The van der Waals surface area contributed by atoms with E-state index in [2.05, 4.69) is 45.0 Å². The summed E-state index contributed by atoms with van der Waals surface area (Å²) in [6, 6.07) is 0.955.